The standard InChI is InChI=1S/C17H14O3S/c1-19-15-7-6-12(9-18)8-16(15)20-10-13-11-21-17-5-3-2-4-14(13)17/h2-9,11H,10H2,1H3. The highest BCUT2D eigenvalue weighted by Crippen LogP contribution is 2.31. The Morgan fingerprint density at radius 2 is 2.00 bits per heavy atom. The van der Waals surface area contributed by atoms with E-state index in [-0.39, 0.29) is 0 Å². The second kappa shape index (κ2) is 5.97. The predicted molar refractivity (Wildman–Crippen MR) is 84.5 cm³/mol. The minimum atomic E-state index is 0.447. The van der Waals surface area contributed by atoms with Gasteiger partial charge in [0.15, 0.2) is 11.5 Å². The Labute approximate surface area is 126 Å². The first-order valence-electron chi connectivity index (χ1n) is 6.53. The summed E-state index contributed by atoms with van der Waals surface area (Å²) in [6.07, 6.45) is 0.798. The van der Waals surface area contributed by atoms with E-state index in [2.05, 4.69) is 17.5 Å². The van der Waals surface area contributed by atoms with Gasteiger partial charge in [-0.15, -0.1) is 11.3 Å². The van der Waals surface area contributed by atoms with Crippen LogP contribution in [0.1, 0.15) is 15.9 Å². The van der Waals surface area contributed by atoms with Gasteiger partial charge in [0, 0.05) is 15.8 Å². The van der Waals surface area contributed by atoms with Crippen LogP contribution in [0.4, 0.5) is 0 Å². The van der Waals surface area contributed by atoms with E-state index in [0.717, 1.165) is 11.8 Å². The van der Waals surface area contributed by atoms with Crippen LogP contribution in [0, 0.1) is 0 Å². The lowest BCUT2D eigenvalue weighted by molar-refractivity contribution is 0.112. The summed E-state index contributed by atoms with van der Waals surface area (Å²) >= 11 is 1.70. The molecule has 2 aromatic carbocycles. The third-order valence-electron chi connectivity index (χ3n) is 3.27. The van der Waals surface area contributed by atoms with Crippen LogP contribution in [-0.2, 0) is 6.61 Å². The van der Waals surface area contributed by atoms with E-state index in [9.17, 15) is 4.79 Å². The Morgan fingerprint density at radius 1 is 1.14 bits per heavy atom. The number of ether oxygens (including phenoxy) is 2. The number of thiophene rings is 1. The summed E-state index contributed by atoms with van der Waals surface area (Å²) in [6, 6.07) is 13.4. The molecule has 0 aliphatic carbocycles. The van der Waals surface area contributed by atoms with Crippen molar-refractivity contribution in [1.29, 1.82) is 0 Å². The molecule has 0 saturated carbocycles. The summed E-state index contributed by atoms with van der Waals surface area (Å²) in [5.74, 6) is 1.21. The lowest BCUT2D eigenvalue weighted by atomic mass is 10.2. The van der Waals surface area contributed by atoms with E-state index in [0.29, 0.717) is 23.7 Å². The number of aldehydes is 1. The molecular formula is C17H14O3S. The molecule has 0 fully saturated rings. The van der Waals surface area contributed by atoms with Crippen LogP contribution >= 0.6 is 11.3 Å². The molecule has 0 aliphatic rings. The van der Waals surface area contributed by atoms with Crippen molar-refractivity contribution in [2.45, 2.75) is 6.61 Å². The molecule has 0 atom stereocenters. The van der Waals surface area contributed by atoms with Gasteiger partial charge in [-0.05, 0) is 35.0 Å². The summed E-state index contributed by atoms with van der Waals surface area (Å²) in [5.41, 5.74) is 1.70. The minimum Gasteiger partial charge on any atom is -0.493 e. The maximum atomic E-state index is 10.9. The van der Waals surface area contributed by atoms with Crippen molar-refractivity contribution in [1.82, 2.24) is 0 Å². The van der Waals surface area contributed by atoms with Gasteiger partial charge < -0.3 is 9.47 Å². The van der Waals surface area contributed by atoms with Crippen LogP contribution in [0.25, 0.3) is 10.1 Å². The van der Waals surface area contributed by atoms with Crippen molar-refractivity contribution in [3.63, 3.8) is 0 Å². The molecule has 106 valence electrons. The lowest BCUT2D eigenvalue weighted by Crippen LogP contribution is -1.98. The Bertz CT molecular complexity index is 777. The fourth-order valence-corrected chi connectivity index (χ4v) is 3.13. The smallest absolute Gasteiger partial charge is 0.162 e. The van der Waals surface area contributed by atoms with E-state index < -0.39 is 0 Å². The molecule has 0 unspecified atom stereocenters. The highest BCUT2D eigenvalue weighted by molar-refractivity contribution is 7.17. The molecule has 3 nitrogen and oxygen atoms in total. The highest BCUT2D eigenvalue weighted by Gasteiger charge is 2.08. The van der Waals surface area contributed by atoms with Crippen molar-refractivity contribution in [3.05, 3.63) is 59.0 Å². The molecule has 21 heavy (non-hydrogen) atoms. The Kier molecular flexibility index (Phi) is 3.88. The van der Waals surface area contributed by atoms with E-state index in [1.54, 1.807) is 36.6 Å². The zero-order valence-electron chi connectivity index (χ0n) is 11.5. The molecule has 3 rings (SSSR count). The highest BCUT2D eigenvalue weighted by atomic mass is 32.1. The summed E-state index contributed by atoms with van der Waals surface area (Å²) in [7, 11) is 1.59. The number of rotatable bonds is 5. The van der Waals surface area contributed by atoms with Crippen molar-refractivity contribution in [2.24, 2.45) is 0 Å². The van der Waals surface area contributed by atoms with Crippen LogP contribution in [0.2, 0.25) is 0 Å². The number of carbonyl (C=O) groups excluding carboxylic acids is 1. The van der Waals surface area contributed by atoms with E-state index in [1.807, 2.05) is 12.1 Å². The largest absolute Gasteiger partial charge is 0.493 e. The SMILES string of the molecule is COc1ccc(C=O)cc1OCc1csc2ccccc12. The number of carbonyl (C=O) groups is 1. The quantitative estimate of drug-likeness (QED) is 0.659. The van der Waals surface area contributed by atoms with E-state index in [1.165, 1.54) is 10.1 Å². The van der Waals surface area contributed by atoms with Gasteiger partial charge in [-0.3, -0.25) is 4.79 Å². The molecule has 3 aromatic rings. The van der Waals surface area contributed by atoms with Crippen LogP contribution in [0.5, 0.6) is 11.5 Å². The van der Waals surface area contributed by atoms with Crippen molar-refractivity contribution >= 4 is 27.7 Å². The number of fused-ring (bicyclic) bond motifs is 1. The van der Waals surface area contributed by atoms with Crippen LogP contribution in [0.3, 0.4) is 0 Å². The van der Waals surface area contributed by atoms with E-state index in [4.69, 9.17) is 9.47 Å². The molecular weight excluding hydrogens is 284 g/mol. The van der Waals surface area contributed by atoms with Gasteiger partial charge in [0.2, 0.25) is 0 Å². The molecule has 0 N–H and O–H groups in total. The van der Waals surface area contributed by atoms with Gasteiger partial charge in [0.25, 0.3) is 0 Å². The molecule has 0 bridgehead atoms. The maximum absolute atomic E-state index is 10.9. The Hall–Kier alpha value is -2.33. The maximum Gasteiger partial charge on any atom is 0.162 e. The average Bonchev–Trinajstić information content (AvgIpc) is 2.96. The zero-order valence-corrected chi connectivity index (χ0v) is 12.4. The predicted octanol–water partition coefficient (Wildman–Crippen LogP) is 4.30. The molecule has 1 aromatic heterocycles. The van der Waals surface area contributed by atoms with Crippen molar-refractivity contribution in [3.8, 4) is 11.5 Å². The molecule has 4 heteroatoms. The van der Waals surface area contributed by atoms with Gasteiger partial charge in [-0.1, -0.05) is 18.2 Å². The summed E-state index contributed by atoms with van der Waals surface area (Å²) < 4.78 is 12.4. The van der Waals surface area contributed by atoms with Crippen molar-refractivity contribution in [2.75, 3.05) is 7.11 Å². The second-order valence-corrected chi connectivity index (χ2v) is 5.49. The van der Waals surface area contributed by atoms with Gasteiger partial charge in [0.05, 0.1) is 7.11 Å². The van der Waals surface area contributed by atoms with Crippen molar-refractivity contribution < 1.29 is 14.3 Å². The molecule has 0 radical (unpaired) electrons. The van der Waals surface area contributed by atoms with Gasteiger partial charge in [0.1, 0.15) is 12.9 Å². The topological polar surface area (TPSA) is 35.5 Å². The van der Waals surface area contributed by atoms with Gasteiger partial charge in [-0.2, -0.15) is 0 Å². The average molecular weight is 298 g/mol. The normalized spacial score (nSPS) is 10.5. The number of hydrogen-bond acceptors (Lipinski definition) is 4. The number of benzene rings is 2. The first-order valence-corrected chi connectivity index (χ1v) is 7.41. The Balaban J connectivity index is 1.85. The number of hydrogen-bond donors (Lipinski definition) is 0. The molecule has 0 amide bonds. The fourth-order valence-electron chi connectivity index (χ4n) is 2.18. The first kappa shape index (κ1) is 13.6. The molecule has 0 aliphatic heterocycles. The summed E-state index contributed by atoms with van der Waals surface area (Å²) in [6.45, 7) is 0.447. The second-order valence-electron chi connectivity index (χ2n) is 4.57. The van der Waals surface area contributed by atoms with Gasteiger partial charge >= 0.3 is 0 Å². The summed E-state index contributed by atoms with van der Waals surface area (Å²) in [4.78, 5) is 10.9. The third-order valence-corrected chi connectivity index (χ3v) is 4.28. The molecule has 1 heterocycles. The molecule has 0 saturated heterocycles. The number of methoxy groups -OCH3 is 1. The van der Waals surface area contributed by atoms with Gasteiger partial charge in [-0.25, -0.2) is 0 Å². The fraction of sp³-hybridized carbons (Fsp3) is 0.118. The summed E-state index contributed by atoms with van der Waals surface area (Å²) in [5, 5.41) is 3.30. The minimum absolute atomic E-state index is 0.447. The molecule has 0 spiro atoms. The lowest BCUT2D eigenvalue weighted by Gasteiger charge is -2.10. The Morgan fingerprint density at radius 3 is 2.81 bits per heavy atom. The first-order chi connectivity index (χ1) is 10.3. The van der Waals surface area contributed by atoms with Crippen LogP contribution in [0.15, 0.2) is 47.8 Å². The third kappa shape index (κ3) is 2.76. The monoisotopic (exact) mass is 298 g/mol. The zero-order chi connectivity index (χ0) is 14.7. The van der Waals surface area contributed by atoms with E-state index >= 15 is 0 Å². The van der Waals surface area contributed by atoms with Crippen LogP contribution in [-0.4, -0.2) is 13.4 Å². The van der Waals surface area contributed by atoms with Crippen LogP contribution < -0.4 is 9.47 Å².